The van der Waals surface area contributed by atoms with Crippen molar-refractivity contribution in [3.05, 3.63) is 5.28 Å². The first-order valence-corrected chi connectivity index (χ1v) is 9.40. The van der Waals surface area contributed by atoms with Gasteiger partial charge in [-0.1, -0.05) is 38.5 Å². The zero-order valence-electron chi connectivity index (χ0n) is 14.3. The summed E-state index contributed by atoms with van der Waals surface area (Å²) in [5.41, 5.74) is 0. The Morgan fingerprint density at radius 1 is 0.696 bits per heavy atom. The van der Waals surface area contributed by atoms with Crippen molar-refractivity contribution in [1.82, 2.24) is 15.0 Å². The Morgan fingerprint density at radius 2 is 1.09 bits per heavy atom. The first-order valence-electron chi connectivity index (χ1n) is 9.02. The van der Waals surface area contributed by atoms with E-state index in [-0.39, 0.29) is 0 Å². The fraction of sp³-hybridized carbons (Fsp3) is 0.824. The number of anilines is 2. The summed E-state index contributed by atoms with van der Waals surface area (Å²) in [4.78, 5) is 17.9. The van der Waals surface area contributed by atoms with E-state index in [9.17, 15) is 0 Å². The van der Waals surface area contributed by atoms with Gasteiger partial charge in [0.25, 0.3) is 0 Å². The lowest BCUT2D eigenvalue weighted by molar-refractivity contribution is 0.419. The molecule has 0 aliphatic heterocycles. The third kappa shape index (κ3) is 4.06. The lowest BCUT2D eigenvalue weighted by atomic mass is 9.94. The van der Waals surface area contributed by atoms with Crippen LogP contribution in [0.5, 0.6) is 0 Å². The topological polar surface area (TPSA) is 45.2 Å². The first-order chi connectivity index (χ1) is 11.1. The summed E-state index contributed by atoms with van der Waals surface area (Å²) < 4.78 is 0. The minimum absolute atomic E-state index is 0.301. The fourth-order valence-electron chi connectivity index (χ4n) is 3.91. The molecule has 1 heterocycles. The normalized spacial score (nSPS) is 20.5. The Kier molecular flexibility index (Phi) is 5.57. The van der Waals surface area contributed by atoms with Crippen LogP contribution < -0.4 is 9.80 Å². The predicted molar refractivity (Wildman–Crippen MR) is 95.4 cm³/mol. The number of rotatable bonds is 4. The fourth-order valence-corrected chi connectivity index (χ4v) is 4.06. The van der Waals surface area contributed by atoms with Gasteiger partial charge in [0.05, 0.1) is 0 Å². The molecule has 6 heteroatoms. The van der Waals surface area contributed by atoms with Crippen LogP contribution in [0.1, 0.15) is 64.2 Å². The third-order valence-electron chi connectivity index (χ3n) is 5.46. The van der Waals surface area contributed by atoms with Crippen molar-refractivity contribution in [3.8, 4) is 0 Å². The molecule has 0 N–H and O–H groups in total. The molecule has 2 saturated carbocycles. The van der Waals surface area contributed by atoms with Crippen molar-refractivity contribution in [1.29, 1.82) is 0 Å². The Bertz CT molecular complexity index is 469. The highest BCUT2D eigenvalue weighted by atomic mass is 35.5. The van der Waals surface area contributed by atoms with Crippen molar-refractivity contribution in [2.75, 3.05) is 23.9 Å². The van der Waals surface area contributed by atoms with Crippen molar-refractivity contribution in [2.24, 2.45) is 0 Å². The largest absolute Gasteiger partial charge is 0.341 e. The van der Waals surface area contributed by atoms with Gasteiger partial charge in [-0.05, 0) is 37.3 Å². The van der Waals surface area contributed by atoms with E-state index < -0.39 is 0 Å². The zero-order valence-corrected chi connectivity index (χ0v) is 15.1. The average Bonchev–Trinajstić information content (AvgIpc) is 2.61. The molecule has 2 fully saturated rings. The summed E-state index contributed by atoms with van der Waals surface area (Å²) in [7, 11) is 4.18. The Hall–Kier alpha value is -1.10. The highest BCUT2D eigenvalue weighted by Gasteiger charge is 2.24. The van der Waals surface area contributed by atoms with Gasteiger partial charge in [-0.25, -0.2) is 0 Å². The molecule has 2 aliphatic rings. The average molecular weight is 338 g/mol. The number of hydrogen-bond donors (Lipinski definition) is 0. The Balaban J connectivity index is 1.77. The second-order valence-electron chi connectivity index (χ2n) is 7.01. The molecule has 5 nitrogen and oxygen atoms in total. The minimum Gasteiger partial charge on any atom is -0.341 e. The van der Waals surface area contributed by atoms with Crippen LogP contribution >= 0.6 is 11.6 Å². The number of nitrogens with zero attached hydrogens (tertiary/aromatic N) is 5. The molecule has 0 atom stereocenters. The van der Waals surface area contributed by atoms with E-state index in [1.54, 1.807) is 0 Å². The summed E-state index contributed by atoms with van der Waals surface area (Å²) in [5, 5.41) is 0.301. The quantitative estimate of drug-likeness (QED) is 0.829. The van der Waals surface area contributed by atoms with E-state index in [0.717, 1.165) is 11.9 Å². The van der Waals surface area contributed by atoms with Crippen LogP contribution in [-0.2, 0) is 0 Å². The van der Waals surface area contributed by atoms with Gasteiger partial charge in [0.15, 0.2) is 0 Å². The van der Waals surface area contributed by atoms with E-state index in [4.69, 9.17) is 16.6 Å². The third-order valence-corrected chi connectivity index (χ3v) is 5.63. The number of halogens is 1. The maximum absolute atomic E-state index is 6.20. The maximum Gasteiger partial charge on any atom is 0.231 e. The van der Waals surface area contributed by atoms with Crippen molar-refractivity contribution < 1.29 is 0 Å². The Morgan fingerprint density at radius 3 is 1.48 bits per heavy atom. The van der Waals surface area contributed by atoms with Gasteiger partial charge in [-0.2, -0.15) is 15.0 Å². The zero-order chi connectivity index (χ0) is 16.2. The van der Waals surface area contributed by atoms with Crippen LogP contribution in [0.4, 0.5) is 11.9 Å². The molecular formula is C17H28ClN5. The van der Waals surface area contributed by atoms with Gasteiger partial charge in [-0.3, -0.25) is 0 Å². The second kappa shape index (κ2) is 7.65. The summed E-state index contributed by atoms with van der Waals surface area (Å²) in [6.07, 6.45) is 12.7. The van der Waals surface area contributed by atoms with Crippen LogP contribution in [0, 0.1) is 0 Å². The van der Waals surface area contributed by atoms with E-state index in [1.165, 1.54) is 64.2 Å². The first kappa shape index (κ1) is 16.7. The summed E-state index contributed by atoms with van der Waals surface area (Å²) >= 11 is 6.20. The van der Waals surface area contributed by atoms with Crippen LogP contribution in [0.2, 0.25) is 5.28 Å². The molecule has 0 unspecified atom stereocenters. The molecule has 23 heavy (non-hydrogen) atoms. The van der Waals surface area contributed by atoms with Gasteiger partial charge in [0.2, 0.25) is 17.2 Å². The van der Waals surface area contributed by atoms with Crippen LogP contribution in [0.15, 0.2) is 0 Å². The van der Waals surface area contributed by atoms with Gasteiger partial charge < -0.3 is 9.80 Å². The van der Waals surface area contributed by atoms with Crippen LogP contribution in [0.25, 0.3) is 0 Å². The minimum atomic E-state index is 0.301. The van der Waals surface area contributed by atoms with E-state index in [2.05, 4.69) is 33.9 Å². The Labute approximate surface area is 144 Å². The molecule has 0 bridgehead atoms. The summed E-state index contributed by atoms with van der Waals surface area (Å²) in [6, 6.07) is 1.05. The summed E-state index contributed by atoms with van der Waals surface area (Å²) in [6.45, 7) is 0. The predicted octanol–water partition coefficient (Wildman–Crippen LogP) is 4.06. The van der Waals surface area contributed by atoms with Crippen molar-refractivity contribution in [2.45, 2.75) is 76.3 Å². The molecular weight excluding hydrogens is 310 g/mol. The molecule has 128 valence electrons. The molecule has 0 radical (unpaired) electrons. The molecule has 3 rings (SSSR count). The molecule has 0 aromatic carbocycles. The molecule has 1 aromatic rings. The van der Waals surface area contributed by atoms with Crippen molar-refractivity contribution >= 4 is 23.5 Å². The van der Waals surface area contributed by atoms with E-state index in [0.29, 0.717) is 17.4 Å². The SMILES string of the molecule is CN(c1nc(Cl)nc(N(C)C2CCCCC2)n1)C1CCCCC1. The maximum atomic E-state index is 6.20. The number of aromatic nitrogens is 3. The van der Waals surface area contributed by atoms with Gasteiger partial charge >= 0.3 is 0 Å². The summed E-state index contributed by atoms with van der Waals surface area (Å²) in [5.74, 6) is 1.43. The van der Waals surface area contributed by atoms with Gasteiger partial charge in [0, 0.05) is 26.2 Å². The standard InChI is InChI=1S/C17H28ClN5/c1-22(13-9-5-3-6-10-13)16-19-15(18)20-17(21-16)23(2)14-11-7-4-8-12-14/h13-14H,3-12H2,1-2H3. The smallest absolute Gasteiger partial charge is 0.231 e. The molecule has 0 saturated heterocycles. The van der Waals surface area contributed by atoms with Crippen LogP contribution in [-0.4, -0.2) is 41.1 Å². The molecule has 2 aliphatic carbocycles. The van der Waals surface area contributed by atoms with Gasteiger partial charge in [-0.15, -0.1) is 0 Å². The molecule has 0 amide bonds. The lowest BCUT2D eigenvalue weighted by Crippen LogP contribution is -2.37. The highest BCUT2D eigenvalue weighted by Crippen LogP contribution is 2.28. The molecule has 0 spiro atoms. The monoisotopic (exact) mass is 337 g/mol. The highest BCUT2D eigenvalue weighted by molar-refractivity contribution is 6.28. The number of hydrogen-bond acceptors (Lipinski definition) is 5. The van der Waals surface area contributed by atoms with Crippen LogP contribution in [0.3, 0.4) is 0 Å². The van der Waals surface area contributed by atoms with E-state index >= 15 is 0 Å². The van der Waals surface area contributed by atoms with E-state index in [1.807, 2.05) is 0 Å². The molecule has 1 aromatic heterocycles. The second-order valence-corrected chi connectivity index (χ2v) is 7.35. The van der Waals surface area contributed by atoms with Gasteiger partial charge in [0.1, 0.15) is 0 Å². The lowest BCUT2D eigenvalue weighted by Gasteiger charge is -2.33. The van der Waals surface area contributed by atoms with Crippen molar-refractivity contribution in [3.63, 3.8) is 0 Å².